The number of carbonyl (C=O) groups excluding carboxylic acids is 1. The Bertz CT molecular complexity index is 361. The Balaban J connectivity index is 2.58. The summed E-state index contributed by atoms with van der Waals surface area (Å²) < 4.78 is 1.83. The van der Waals surface area contributed by atoms with Crippen molar-refractivity contribution in [2.45, 2.75) is 31.7 Å². The van der Waals surface area contributed by atoms with Crippen LogP contribution in [0.15, 0.2) is 14.3 Å². The van der Waals surface area contributed by atoms with Gasteiger partial charge in [-0.3, -0.25) is 4.79 Å². The topological polar surface area (TPSA) is 29.1 Å². The van der Waals surface area contributed by atoms with Crippen molar-refractivity contribution in [3.8, 4) is 0 Å². The zero-order chi connectivity index (χ0) is 12.3. The van der Waals surface area contributed by atoms with Crippen molar-refractivity contribution in [3.63, 3.8) is 0 Å². The Labute approximate surface area is 121 Å². The van der Waals surface area contributed by atoms with Crippen molar-refractivity contribution in [1.82, 2.24) is 5.32 Å². The molecule has 0 radical (unpaired) electrons. The van der Waals surface area contributed by atoms with E-state index in [2.05, 4.69) is 37.2 Å². The molecule has 0 aliphatic rings. The first kappa shape index (κ1) is 14.5. The fourth-order valence-corrected chi connectivity index (χ4v) is 3.51. The van der Waals surface area contributed by atoms with Gasteiger partial charge in [0.05, 0.1) is 8.66 Å². The van der Waals surface area contributed by atoms with Crippen molar-refractivity contribution < 1.29 is 4.79 Å². The van der Waals surface area contributed by atoms with Gasteiger partial charge in [-0.2, -0.15) is 0 Å². The number of hydrogen-bond acceptors (Lipinski definition) is 2. The summed E-state index contributed by atoms with van der Waals surface area (Å²) in [6, 6.07) is 1.89. The zero-order valence-electron chi connectivity index (χ0n) is 8.89. The predicted molar refractivity (Wildman–Crippen MR) is 76.6 cm³/mol. The number of nitrogens with one attached hydrogen (secondary N) is 1. The fraction of sp³-hybridized carbons (Fsp3) is 0.500. The molecule has 0 aromatic carbocycles. The predicted octanol–water partition coefficient (Wildman–Crippen LogP) is 4.41. The third-order valence-electron chi connectivity index (χ3n) is 1.92. The lowest BCUT2D eigenvalue weighted by Crippen LogP contribution is -2.33. The van der Waals surface area contributed by atoms with E-state index in [0.29, 0.717) is 4.88 Å². The monoisotopic (exact) mass is 387 g/mol. The van der Waals surface area contributed by atoms with Crippen molar-refractivity contribution in [1.29, 1.82) is 0 Å². The summed E-state index contributed by atoms with van der Waals surface area (Å²) in [6.07, 6.45) is 0.765. The number of thiophene rings is 1. The minimum Gasteiger partial charge on any atom is -0.349 e. The molecule has 2 atom stereocenters. The van der Waals surface area contributed by atoms with E-state index in [-0.39, 0.29) is 17.3 Å². The summed E-state index contributed by atoms with van der Waals surface area (Å²) in [5.74, 6) is -0.0544. The number of rotatable bonds is 4. The molecular weight excluding hydrogens is 377 g/mol. The van der Waals surface area contributed by atoms with Gasteiger partial charge >= 0.3 is 0 Å². The number of alkyl halides is 1. The van der Waals surface area contributed by atoms with Crippen molar-refractivity contribution >= 4 is 60.7 Å². The van der Waals surface area contributed by atoms with E-state index in [1.165, 1.54) is 11.3 Å². The summed E-state index contributed by atoms with van der Waals surface area (Å²) >= 11 is 14.0. The van der Waals surface area contributed by atoms with Gasteiger partial charge in [0, 0.05) is 15.9 Å². The van der Waals surface area contributed by atoms with Crippen molar-refractivity contribution in [2.75, 3.05) is 0 Å². The Morgan fingerprint density at radius 1 is 1.56 bits per heavy atom. The molecular formula is C10H12Br2ClNOS. The molecule has 0 aliphatic carbocycles. The zero-order valence-corrected chi connectivity index (χ0v) is 13.6. The van der Waals surface area contributed by atoms with E-state index in [4.69, 9.17) is 11.6 Å². The van der Waals surface area contributed by atoms with Crippen LogP contribution in [0.25, 0.3) is 0 Å². The minimum atomic E-state index is -0.0544. The highest BCUT2D eigenvalue weighted by Gasteiger charge is 2.15. The Hall–Kier alpha value is 0.420. The highest BCUT2D eigenvalue weighted by Crippen LogP contribution is 2.32. The summed E-state index contributed by atoms with van der Waals surface area (Å²) in [7, 11) is 0. The van der Waals surface area contributed by atoms with Crippen molar-refractivity contribution in [2.24, 2.45) is 0 Å². The van der Waals surface area contributed by atoms with E-state index >= 15 is 0 Å². The molecule has 90 valence electrons. The van der Waals surface area contributed by atoms with Crippen LogP contribution in [-0.2, 0) is 0 Å². The van der Waals surface area contributed by atoms with Gasteiger partial charge in [0.25, 0.3) is 5.91 Å². The maximum atomic E-state index is 11.8. The normalized spacial score (nSPS) is 14.6. The molecule has 0 fully saturated rings. The molecule has 0 saturated heterocycles. The Morgan fingerprint density at radius 2 is 2.19 bits per heavy atom. The maximum Gasteiger partial charge on any atom is 0.261 e. The highest BCUT2D eigenvalue weighted by molar-refractivity contribution is 9.13. The average Bonchev–Trinajstić information content (AvgIpc) is 2.45. The van der Waals surface area contributed by atoms with Gasteiger partial charge in [0.1, 0.15) is 0 Å². The van der Waals surface area contributed by atoms with Crippen LogP contribution >= 0.6 is 54.8 Å². The third kappa shape index (κ3) is 4.35. The molecule has 16 heavy (non-hydrogen) atoms. The fourth-order valence-electron chi connectivity index (χ4n) is 1.30. The molecule has 6 heteroatoms. The second-order valence-corrected chi connectivity index (χ2v) is 7.59. The lowest BCUT2D eigenvalue weighted by atomic mass is 10.2. The molecule has 0 bridgehead atoms. The van der Waals surface area contributed by atoms with Gasteiger partial charge < -0.3 is 5.32 Å². The van der Waals surface area contributed by atoms with Crippen LogP contribution < -0.4 is 5.32 Å². The smallest absolute Gasteiger partial charge is 0.261 e. The van der Waals surface area contributed by atoms with E-state index in [1.54, 1.807) is 6.07 Å². The highest BCUT2D eigenvalue weighted by atomic mass is 79.9. The maximum absolute atomic E-state index is 11.8. The average molecular weight is 390 g/mol. The van der Waals surface area contributed by atoms with Crippen LogP contribution in [0, 0.1) is 0 Å². The third-order valence-corrected chi connectivity index (χ3v) is 5.36. The first-order chi connectivity index (χ1) is 7.40. The molecule has 1 N–H and O–H groups in total. The molecule has 1 aromatic rings. The summed E-state index contributed by atoms with van der Waals surface area (Å²) in [5, 5.41) is 2.98. The van der Waals surface area contributed by atoms with E-state index in [0.717, 1.165) is 14.7 Å². The van der Waals surface area contributed by atoms with Gasteiger partial charge in [0.2, 0.25) is 0 Å². The number of amides is 1. The minimum absolute atomic E-state index is 0.0544. The SMILES string of the molecule is CC(Cl)CC(C)NC(=O)c1cc(Br)c(Br)s1. The molecule has 0 aliphatic heterocycles. The van der Waals surface area contributed by atoms with E-state index in [1.807, 2.05) is 13.8 Å². The number of carbonyl (C=O) groups is 1. The lowest BCUT2D eigenvalue weighted by molar-refractivity contribution is 0.0942. The molecule has 1 aromatic heterocycles. The summed E-state index contributed by atoms with van der Waals surface area (Å²) in [5.41, 5.74) is 0. The molecule has 2 unspecified atom stereocenters. The number of hydrogen-bond donors (Lipinski definition) is 1. The van der Waals surface area contributed by atoms with Gasteiger partial charge in [0.15, 0.2) is 0 Å². The Morgan fingerprint density at radius 3 is 2.62 bits per heavy atom. The first-order valence-corrected chi connectivity index (χ1v) is 7.63. The summed E-state index contributed by atoms with van der Waals surface area (Å²) in [4.78, 5) is 12.5. The molecule has 2 nitrogen and oxygen atoms in total. The van der Waals surface area contributed by atoms with Gasteiger partial charge in [-0.15, -0.1) is 22.9 Å². The molecule has 0 spiro atoms. The van der Waals surface area contributed by atoms with Crippen LogP contribution in [0.1, 0.15) is 29.9 Å². The largest absolute Gasteiger partial charge is 0.349 e. The quantitative estimate of drug-likeness (QED) is 0.760. The standard InChI is InChI=1S/C10H12Br2ClNOS/c1-5(13)3-6(2)14-10(15)8-4-7(11)9(12)16-8/h4-6H,3H2,1-2H3,(H,14,15). The Kier molecular flexibility index (Phi) is 5.77. The van der Waals surface area contributed by atoms with Crippen LogP contribution in [0.2, 0.25) is 0 Å². The molecule has 1 rings (SSSR count). The van der Waals surface area contributed by atoms with Crippen LogP contribution in [0.4, 0.5) is 0 Å². The van der Waals surface area contributed by atoms with Crippen LogP contribution in [-0.4, -0.2) is 17.3 Å². The second kappa shape index (κ2) is 6.38. The molecule has 1 amide bonds. The molecule has 0 saturated carbocycles. The van der Waals surface area contributed by atoms with Gasteiger partial charge in [-0.05, 0) is 58.2 Å². The van der Waals surface area contributed by atoms with Gasteiger partial charge in [-0.1, -0.05) is 0 Å². The lowest BCUT2D eigenvalue weighted by Gasteiger charge is -2.14. The number of halogens is 3. The second-order valence-electron chi connectivity index (χ2n) is 3.62. The van der Waals surface area contributed by atoms with Crippen LogP contribution in [0.3, 0.4) is 0 Å². The molecule has 1 heterocycles. The van der Waals surface area contributed by atoms with Gasteiger partial charge in [-0.25, -0.2) is 0 Å². The van der Waals surface area contributed by atoms with E-state index < -0.39 is 0 Å². The van der Waals surface area contributed by atoms with Crippen molar-refractivity contribution in [3.05, 3.63) is 19.2 Å². The first-order valence-electron chi connectivity index (χ1n) is 4.80. The van der Waals surface area contributed by atoms with E-state index in [9.17, 15) is 4.79 Å². The van der Waals surface area contributed by atoms with Crippen LogP contribution in [0.5, 0.6) is 0 Å². The summed E-state index contributed by atoms with van der Waals surface area (Å²) in [6.45, 7) is 3.87.